The van der Waals surface area contributed by atoms with Crippen LogP contribution in [-0.2, 0) is 10.0 Å². The van der Waals surface area contributed by atoms with Gasteiger partial charge in [-0.15, -0.1) is 0 Å². The Morgan fingerprint density at radius 1 is 1.24 bits per heavy atom. The lowest BCUT2D eigenvalue weighted by Gasteiger charge is -2.20. The van der Waals surface area contributed by atoms with E-state index in [1.807, 2.05) is 13.8 Å². The fourth-order valence-electron chi connectivity index (χ4n) is 3.65. The average Bonchev–Trinajstić information content (AvgIpc) is 2.97. The fourth-order valence-corrected chi connectivity index (χ4v) is 5.52. The molecule has 0 bridgehead atoms. The number of nitrogens with two attached hydrogens (primary N) is 1. The lowest BCUT2D eigenvalue weighted by Crippen LogP contribution is -2.31. The van der Waals surface area contributed by atoms with Gasteiger partial charge in [-0.25, -0.2) is 8.42 Å². The molecule has 2 fully saturated rings. The third-order valence-electron chi connectivity index (χ3n) is 5.05. The summed E-state index contributed by atoms with van der Waals surface area (Å²) >= 11 is 0. The van der Waals surface area contributed by atoms with Crippen LogP contribution in [0.1, 0.15) is 24.0 Å². The third kappa shape index (κ3) is 2.35. The quantitative estimate of drug-likeness (QED) is 0.806. The maximum atomic E-state index is 12.9. The SMILES string of the molecule is Cc1cc(N)cc(S(=O)(=O)N2CC3CCC(O)C3C2)c1C. The van der Waals surface area contributed by atoms with Gasteiger partial charge in [0.2, 0.25) is 10.0 Å². The summed E-state index contributed by atoms with van der Waals surface area (Å²) in [7, 11) is -3.54. The lowest BCUT2D eigenvalue weighted by molar-refractivity contribution is 0.129. The number of benzene rings is 1. The van der Waals surface area contributed by atoms with Crippen molar-refractivity contribution in [3.63, 3.8) is 0 Å². The molecular weight excluding hydrogens is 288 g/mol. The molecule has 0 amide bonds. The van der Waals surface area contributed by atoms with Crippen molar-refractivity contribution in [2.24, 2.45) is 11.8 Å². The van der Waals surface area contributed by atoms with E-state index in [1.165, 1.54) is 4.31 Å². The molecule has 1 heterocycles. The molecule has 0 radical (unpaired) electrons. The molecule has 2 aliphatic rings. The second kappa shape index (κ2) is 4.97. The summed E-state index contributed by atoms with van der Waals surface area (Å²) in [5.41, 5.74) is 7.92. The van der Waals surface area contributed by atoms with Crippen LogP contribution in [0.4, 0.5) is 5.69 Å². The second-order valence-electron chi connectivity index (χ2n) is 6.35. The van der Waals surface area contributed by atoms with Crippen LogP contribution in [0.25, 0.3) is 0 Å². The topological polar surface area (TPSA) is 83.6 Å². The van der Waals surface area contributed by atoms with Crippen LogP contribution in [0, 0.1) is 25.7 Å². The van der Waals surface area contributed by atoms with Crippen molar-refractivity contribution in [1.29, 1.82) is 0 Å². The largest absolute Gasteiger partial charge is 0.399 e. The van der Waals surface area contributed by atoms with E-state index in [2.05, 4.69) is 0 Å². The molecule has 0 aromatic heterocycles. The van der Waals surface area contributed by atoms with Crippen molar-refractivity contribution in [2.75, 3.05) is 18.8 Å². The summed E-state index contributed by atoms with van der Waals surface area (Å²) in [6.07, 6.45) is 1.34. The number of aliphatic hydroxyl groups excluding tert-OH is 1. The first kappa shape index (κ1) is 14.8. The number of rotatable bonds is 2. The summed E-state index contributed by atoms with van der Waals surface area (Å²) in [4.78, 5) is 0.300. The minimum atomic E-state index is -3.54. The van der Waals surface area contributed by atoms with E-state index in [9.17, 15) is 13.5 Å². The number of hydrogen-bond donors (Lipinski definition) is 2. The molecule has 1 aromatic rings. The number of aliphatic hydroxyl groups is 1. The van der Waals surface area contributed by atoms with E-state index in [0.29, 0.717) is 23.7 Å². The summed E-state index contributed by atoms with van der Waals surface area (Å²) in [5, 5.41) is 9.95. The van der Waals surface area contributed by atoms with Gasteiger partial charge in [-0.05, 0) is 55.9 Å². The highest BCUT2D eigenvalue weighted by atomic mass is 32.2. The lowest BCUT2D eigenvalue weighted by atomic mass is 10.00. The molecule has 0 spiro atoms. The van der Waals surface area contributed by atoms with Gasteiger partial charge in [0.25, 0.3) is 0 Å². The van der Waals surface area contributed by atoms with Crippen LogP contribution < -0.4 is 5.73 Å². The minimum Gasteiger partial charge on any atom is -0.399 e. The maximum absolute atomic E-state index is 12.9. The highest BCUT2D eigenvalue weighted by Crippen LogP contribution is 2.40. The van der Waals surface area contributed by atoms with Crippen LogP contribution in [0.3, 0.4) is 0 Å². The van der Waals surface area contributed by atoms with Crippen molar-refractivity contribution >= 4 is 15.7 Å². The Morgan fingerprint density at radius 3 is 2.62 bits per heavy atom. The Morgan fingerprint density at radius 2 is 1.95 bits per heavy atom. The van der Waals surface area contributed by atoms with Gasteiger partial charge in [0.15, 0.2) is 0 Å². The third-order valence-corrected chi connectivity index (χ3v) is 7.00. The smallest absolute Gasteiger partial charge is 0.243 e. The summed E-state index contributed by atoms with van der Waals surface area (Å²) < 4.78 is 27.3. The molecule has 3 rings (SSSR count). The molecule has 3 atom stereocenters. The Bertz CT molecular complexity index is 672. The second-order valence-corrected chi connectivity index (χ2v) is 8.26. The van der Waals surface area contributed by atoms with Gasteiger partial charge >= 0.3 is 0 Å². The zero-order valence-corrected chi connectivity index (χ0v) is 13.2. The number of aryl methyl sites for hydroxylation is 1. The Kier molecular flexibility index (Phi) is 3.50. The minimum absolute atomic E-state index is 0.0854. The molecule has 3 unspecified atom stereocenters. The molecule has 116 valence electrons. The standard InChI is InChI=1S/C15H22N2O3S/c1-9-5-12(16)6-15(10(9)2)21(19,20)17-7-11-3-4-14(18)13(11)8-17/h5-6,11,13-14,18H,3-4,7-8,16H2,1-2H3. The Labute approximate surface area is 125 Å². The number of anilines is 1. The van der Waals surface area contributed by atoms with E-state index in [4.69, 9.17) is 5.73 Å². The van der Waals surface area contributed by atoms with Gasteiger partial charge in [-0.1, -0.05) is 0 Å². The van der Waals surface area contributed by atoms with Gasteiger partial charge < -0.3 is 10.8 Å². The molecule has 1 aliphatic heterocycles. The van der Waals surface area contributed by atoms with Gasteiger partial charge in [-0.2, -0.15) is 4.31 Å². The summed E-state index contributed by atoms with van der Waals surface area (Å²) in [6.45, 7) is 4.61. The summed E-state index contributed by atoms with van der Waals surface area (Å²) in [6, 6.07) is 3.33. The normalized spacial score (nSPS) is 29.8. The van der Waals surface area contributed by atoms with E-state index in [0.717, 1.165) is 24.0 Å². The van der Waals surface area contributed by atoms with Gasteiger partial charge in [0.1, 0.15) is 0 Å². The molecule has 6 heteroatoms. The number of nitrogens with zero attached hydrogens (tertiary/aromatic N) is 1. The van der Waals surface area contributed by atoms with Crippen molar-refractivity contribution in [3.8, 4) is 0 Å². The van der Waals surface area contributed by atoms with Crippen LogP contribution >= 0.6 is 0 Å². The highest BCUT2D eigenvalue weighted by molar-refractivity contribution is 7.89. The van der Waals surface area contributed by atoms with Crippen LogP contribution in [0.2, 0.25) is 0 Å². The van der Waals surface area contributed by atoms with Crippen LogP contribution in [0.5, 0.6) is 0 Å². The van der Waals surface area contributed by atoms with Crippen LogP contribution in [-0.4, -0.2) is 37.0 Å². The molecule has 5 nitrogen and oxygen atoms in total. The molecular formula is C15H22N2O3S. The number of fused-ring (bicyclic) bond motifs is 1. The van der Waals surface area contributed by atoms with Crippen molar-refractivity contribution in [3.05, 3.63) is 23.3 Å². The Balaban J connectivity index is 1.96. The van der Waals surface area contributed by atoms with E-state index in [1.54, 1.807) is 12.1 Å². The molecule has 1 aliphatic carbocycles. The molecule has 1 saturated heterocycles. The van der Waals surface area contributed by atoms with E-state index in [-0.39, 0.29) is 17.9 Å². The zero-order chi connectivity index (χ0) is 15.4. The average molecular weight is 310 g/mol. The van der Waals surface area contributed by atoms with Crippen molar-refractivity contribution in [1.82, 2.24) is 4.31 Å². The Hall–Kier alpha value is -1.11. The predicted octanol–water partition coefficient (Wildman–Crippen LogP) is 1.28. The van der Waals surface area contributed by atoms with Crippen LogP contribution in [0.15, 0.2) is 17.0 Å². The molecule has 1 aromatic carbocycles. The number of hydrogen-bond acceptors (Lipinski definition) is 4. The monoisotopic (exact) mass is 310 g/mol. The summed E-state index contributed by atoms with van der Waals surface area (Å²) in [5.74, 6) is 0.375. The van der Waals surface area contributed by atoms with E-state index >= 15 is 0 Å². The fraction of sp³-hybridized carbons (Fsp3) is 0.600. The van der Waals surface area contributed by atoms with Gasteiger partial charge in [0, 0.05) is 24.7 Å². The maximum Gasteiger partial charge on any atom is 0.243 e. The molecule has 1 saturated carbocycles. The van der Waals surface area contributed by atoms with Crippen molar-refractivity contribution in [2.45, 2.75) is 37.7 Å². The van der Waals surface area contributed by atoms with Gasteiger partial charge in [0.05, 0.1) is 11.0 Å². The number of sulfonamides is 1. The van der Waals surface area contributed by atoms with Gasteiger partial charge in [-0.3, -0.25) is 0 Å². The zero-order valence-electron chi connectivity index (χ0n) is 12.4. The first-order valence-electron chi connectivity index (χ1n) is 7.35. The first-order chi connectivity index (χ1) is 9.80. The first-order valence-corrected chi connectivity index (χ1v) is 8.79. The predicted molar refractivity (Wildman–Crippen MR) is 81.3 cm³/mol. The molecule has 3 N–H and O–H groups in total. The van der Waals surface area contributed by atoms with E-state index < -0.39 is 10.0 Å². The van der Waals surface area contributed by atoms with Crippen molar-refractivity contribution < 1.29 is 13.5 Å². The molecule has 21 heavy (non-hydrogen) atoms. The number of nitrogen functional groups attached to an aromatic ring is 1. The highest BCUT2D eigenvalue weighted by Gasteiger charge is 2.46.